The van der Waals surface area contributed by atoms with Crippen LogP contribution in [0.2, 0.25) is 0 Å². The second-order valence-corrected chi connectivity index (χ2v) is 8.86. The molecule has 8 heteroatoms. The van der Waals surface area contributed by atoms with Gasteiger partial charge in [-0.05, 0) is 52.7 Å². The van der Waals surface area contributed by atoms with Crippen molar-refractivity contribution in [2.24, 2.45) is 0 Å². The lowest BCUT2D eigenvalue weighted by Crippen LogP contribution is -2.47. The van der Waals surface area contributed by atoms with Gasteiger partial charge in [0.1, 0.15) is 15.5 Å². The molecule has 2 aromatic rings. The Morgan fingerprint density at radius 3 is 2.57 bits per heavy atom. The molecule has 0 spiro atoms. The van der Waals surface area contributed by atoms with E-state index in [1.165, 1.54) is 11.3 Å². The standard InChI is InChI=1S/C20H26N4O3S/c1-13-16(28-17(22-13)15-7-5-6-10-21-15)18(25)24-11-8-14(9-12-24)23-19(26)27-20(2,3)4/h5-7,10,14H,8-9,11-12H2,1-4H3,(H,23,26). The molecule has 0 unspecified atom stereocenters. The Hall–Kier alpha value is -2.48. The first-order valence-corrected chi connectivity index (χ1v) is 10.2. The summed E-state index contributed by atoms with van der Waals surface area (Å²) in [5.74, 6) is -0.00657. The van der Waals surface area contributed by atoms with Gasteiger partial charge in [0.25, 0.3) is 5.91 Å². The summed E-state index contributed by atoms with van der Waals surface area (Å²) >= 11 is 1.38. The minimum atomic E-state index is -0.518. The molecule has 1 N–H and O–H groups in total. The van der Waals surface area contributed by atoms with E-state index < -0.39 is 11.7 Å². The van der Waals surface area contributed by atoms with Crippen molar-refractivity contribution in [3.63, 3.8) is 0 Å². The van der Waals surface area contributed by atoms with Crippen LogP contribution in [0, 0.1) is 6.92 Å². The number of hydrogen-bond donors (Lipinski definition) is 1. The number of ether oxygens (including phenoxy) is 1. The molecule has 28 heavy (non-hydrogen) atoms. The summed E-state index contributed by atoms with van der Waals surface area (Å²) in [5, 5.41) is 3.65. The maximum atomic E-state index is 12.9. The number of nitrogens with one attached hydrogen (secondary N) is 1. The molecule has 0 radical (unpaired) electrons. The molecule has 2 aromatic heterocycles. The predicted octanol–water partition coefficient (Wildman–Crippen LogP) is 3.64. The van der Waals surface area contributed by atoms with E-state index in [0.717, 1.165) is 16.4 Å². The highest BCUT2D eigenvalue weighted by molar-refractivity contribution is 7.17. The number of alkyl carbamates (subject to hydrolysis) is 1. The molecule has 1 fully saturated rings. The van der Waals surface area contributed by atoms with Gasteiger partial charge in [-0.25, -0.2) is 9.78 Å². The number of amides is 2. The zero-order chi connectivity index (χ0) is 20.3. The maximum absolute atomic E-state index is 12.9. The van der Waals surface area contributed by atoms with E-state index in [2.05, 4.69) is 15.3 Å². The first kappa shape index (κ1) is 20.3. The highest BCUT2D eigenvalue weighted by Gasteiger charge is 2.28. The third-order valence-electron chi connectivity index (χ3n) is 4.38. The van der Waals surface area contributed by atoms with E-state index in [1.54, 1.807) is 6.20 Å². The molecular formula is C20H26N4O3S. The average Bonchev–Trinajstić information content (AvgIpc) is 3.02. The molecule has 1 aliphatic heterocycles. The number of aryl methyl sites for hydroxylation is 1. The number of likely N-dealkylation sites (tertiary alicyclic amines) is 1. The summed E-state index contributed by atoms with van der Waals surface area (Å²) in [7, 11) is 0. The second-order valence-electron chi connectivity index (χ2n) is 7.86. The van der Waals surface area contributed by atoms with Crippen molar-refractivity contribution in [2.75, 3.05) is 13.1 Å². The Balaban J connectivity index is 1.59. The Labute approximate surface area is 169 Å². The lowest BCUT2D eigenvalue weighted by atomic mass is 10.0. The lowest BCUT2D eigenvalue weighted by Gasteiger charge is -2.32. The quantitative estimate of drug-likeness (QED) is 0.847. The molecule has 1 aliphatic rings. The van der Waals surface area contributed by atoms with Gasteiger partial charge in [-0.3, -0.25) is 9.78 Å². The predicted molar refractivity (Wildman–Crippen MR) is 108 cm³/mol. The second kappa shape index (κ2) is 8.26. The number of pyridine rings is 1. The van der Waals surface area contributed by atoms with E-state index in [0.29, 0.717) is 30.8 Å². The van der Waals surface area contributed by atoms with Gasteiger partial charge in [0.2, 0.25) is 0 Å². The van der Waals surface area contributed by atoms with Gasteiger partial charge in [-0.1, -0.05) is 6.07 Å². The molecular weight excluding hydrogens is 376 g/mol. The van der Waals surface area contributed by atoms with E-state index in [4.69, 9.17) is 4.74 Å². The van der Waals surface area contributed by atoms with Crippen molar-refractivity contribution in [2.45, 2.75) is 52.2 Å². The van der Waals surface area contributed by atoms with Crippen LogP contribution in [0.15, 0.2) is 24.4 Å². The number of piperidine rings is 1. The van der Waals surface area contributed by atoms with E-state index >= 15 is 0 Å². The van der Waals surface area contributed by atoms with E-state index in [-0.39, 0.29) is 11.9 Å². The average molecular weight is 403 g/mol. The fourth-order valence-electron chi connectivity index (χ4n) is 3.04. The van der Waals surface area contributed by atoms with Crippen LogP contribution < -0.4 is 5.32 Å². The molecule has 150 valence electrons. The van der Waals surface area contributed by atoms with Crippen molar-refractivity contribution in [3.8, 4) is 10.7 Å². The summed E-state index contributed by atoms with van der Waals surface area (Å²) in [6.45, 7) is 8.55. The van der Waals surface area contributed by atoms with Gasteiger partial charge in [0, 0.05) is 25.3 Å². The fourth-order valence-corrected chi connectivity index (χ4v) is 4.05. The number of aromatic nitrogens is 2. The van der Waals surface area contributed by atoms with Crippen LogP contribution in [0.1, 0.15) is 49.0 Å². The third-order valence-corrected chi connectivity index (χ3v) is 5.55. The summed E-state index contributed by atoms with van der Waals surface area (Å²) in [6, 6.07) is 5.67. The van der Waals surface area contributed by atoms with Crippen molar-refractivity contribution in [1.82, 2.24) is 20.2 Å². The lowest BCUT2D eigenvalue weighted by molar-refractivity contribution is 0.0474. The van der Waals surface area contributed by atoms with Gasteiger partial charge in [-0.2, -0.15) is 0 Å². The van der Waals surface area contributed by atoms with Gasteiger partial charge >= 0.3 is 6.09 Å². The molecule has 7 nitrogen and oxygen atoms in total. The molecule has 3 heterocycles. The van der Waals surface area contributed by atoms with Crippen LogP contribution in [0.4, 0.5) is 4.79 Å². The third kappa shape index (κ3) is 5.07. The Morgan fingerprint density at radius 1 is 1.25 bits per heavy atom. The summed E-state index contributed by atoms with van der Waals surface area (Å²) in [6.07, 6.45) is 2.72. The molecule has 3 rings (SSSR count). The monoisotopic (exact) mass is 402 g/mol. The highest BCUT2D eigenvalue weighted by atomic mass is 32.1. The molecule has 0 saturated carbocycles. The fraction of sp³-hybridized carbons (Fsp3) is 0.500. The van der Waals surface area contributed by atoms with Crippen LogP contribution in [0.25, 0.3) is 10.7 Å². The van der Waals surface area contributed by atoms with Gasteiger partial charge in [0.15, 0.2) is 0 Å². The molecule has 0 aliphatic carbocycles. The largest absolute Gasteiger partial charge is 0.444 e. The van der Waals surface area contributed by atoms with E-state index in [9.17, 15) is 9.59 Å². The van der Waals surface area contributed by atoms with E-state index in [1.807, 2.05) is 50.8 Å². The van der Waals surface area contributed by atoms with Gasteiger partial charge < -0.3 is 15.0 Å². The number of thiazole rings is 1. The minimum absolute atomic E-state index is 0.00657. The highest BCUT2D eigenvalue weighted by Crippen LogP contribution is 2.28. The number of carbonyl (C=O) groups excluding carboxylic acids is 2. The van der Waals surface area contributed by atoms with Crippen molar-refractivity contribution in [3.05, 3.63) is 35.0 Å². The van der Waals surface area contributed by atoms with Crippen LogP contribution in [0.3, 0.4) is 0 Å². The Morgan fingerprint density at radius 2 is 1.96 bits per heavy atom. The molecule has 0 atom stereocenters. The molecule has 2 amide bonds. The summed E-state index contributed by atoms with van der Waals surface area (Å²) < 4.78 is 5.30. The van der Waals surface area contributed by atoms with Crippen LogP contribution >= 0.6 is 11.3 Å². The zero-order valence-corrected chi connectivity index (χ0v) is 17.5. The van der Waals surface area contributed by atoms with Gasteiger partial charge in [-0.15, -0.1) is 11.3 Å². The normalized spacial score (nSPS) is 15.4. The first-order chi connectivity index (χ1) is 13.2. The van der Waals surface area contributed by atoms with Gasteiger partial charge in [0.05, 0.1) is 11.4 Å². The molecule has 0 aromatic carbocycles. The summed E-state index contributed by atoms with van der Waals surface area (Å²) in [5.41, 5.74) is 0.982. The number of hydrogen-bond acceptors (Lipinski definition) is 6. The summed E-state index contributed by atoms with van der Waals surface area (Å²) in [4.78, 5) is 36.2. The van der Waals surface area contributed by atoms with Crippen molar-refractivity contribution < 1.29 is 14.3 Å². The van der Waals surface area contributed by atoms with Crippen LogP contribution in [0.5, 0.6) is 0 Å². The molecule has 1 saturated heterocycles. The Kier molecular flexibility index (Phi) is 5.98. The zero-order valence-electron chi connectivity index (χ0n) is 16.7. The SMILES string of the molecule is Cc1nc(-c2ccccn2)sc1C(=O)N1CCC(NC(=O)OC(C)(C)C)CC1. The maximum Gasteiger partial charge on any atom is 0.407 e. The number of carbonyl (C=O) groups is 2. The number of nitrogens with zero attached hydrogens (tertiary/aromatic N) is 3. The topological polar surface area (TPSA) is 84.4 Å². The van der Waals surface area contributed by atoms with Crippen molar-refractivity contribution in [1.29, 1.82) is 0 Å². The molecule has 0 bridgehead atoms. The van der Waals surface area contributed by atoms with Crippen LogP contribution in [-0.4, -0.2) is 51.6 Å². The Bertz CT molecular complexity index is 837. The smallest absolute Gasteiger partial charge is 0.407 e. The van der Waals surface area contributed by atoms with Crippen LogP contribution in [-0.2, 0) is 4.74 Å². The van der Waals surface area contributed by atoms with Crippen molar-refractivity contribution >= 4 is 23.3 Å². The first-order valence-electron chi connectivity index (χ1n) is 9.40. The number of rotatable bonds is 3. The minimum Gasteiger partial charge on any atom is -0.444 e.